The highest BCUT2D eigenvalue weighted by Gasteiger charge is 2.20. The van der Waals surface area contributed by atoms with Crippen molar-refractivity contribution in [1.29, 1.82) is 0 Å². The molecule has 0 aliphatic carbocycles. The minimum Gasteiger partial charge on any atom is -0.328 e. The van der Waals surface area contributed by atoms with Crippen LogP contribution in [0.3, 0.4) is 0 Å². The molecular formula is C13H16N2O. The van der Waals surface area contributed by atoms with E-state index in [0.29, 0.717) is 11.5 Å². The van der Waals surface area contributed by atoms with Gasteiger partial charge in [-0.15, -0.1) is 0 Å². The molecule has 0 saturated heterocycles. The molecule has 2 rings (SSSR count). The summed E-state index contributed by atoms with van der Waals surface area (Å²) in [6.07, 6.45) is 0.866. The van der Waals surface area contributed by atoms with Crippen LogP contribution in [-0.4, -0.2) is 25.2 Å². The molecule has 0 amide bonds. The lowest BCUT2D eigenvalue weighted by atomic mass is 10.1. The molecule has 1 heterocycles. The second-order valence-corrected chi connectivity index (χ2v) is 4.26. The summed E-state index contributed by atoms with van der Waals surface area (Å²) >= 11 is 0. The lowest BCUT2D eigenvalue weighted by molar-refractivity contribution is 0.112. The van der Waals surface area contributed by atoms with Gasteiger partial charge in [-0.3, -0.25) is 9.79 Å². The summed E-state index contributed by atoms with van der Waals surface area (Å²) in [4.78, 5) is 17.3. The van der Waals surface area contributed by atoms with E-state index < -0.39 is 0 Å². The van der Waals surface area contributed by atoms with E-state index in [0.717, 1.165) is 30.9 Å². The van der Waals surface area contributed by atoms with Gasteiger partial charge in [0.1, 0.15) is 12.1 Å². The summed E-state index contributed by atoms with van der Waals surface area (Å²) in [7, 11) is 0. The van der Waals surface area contributed by atoms with Crippen LogP contribution >= 0.6 is 0 Å². The van der Waals surface area contributed by atoms with E-state index in [1.807, 2.05) is 24.3 Å². The monoisotopic (exact) mass is 216 g/mol. The average Bonchev–Trinajstić information content (AvgIpc) is 2.78. The van der Waals surface area contributed by atoms with Crippen molar-refractivity contribution < 1.29 is 4.79 Å². The third-order valence-corrected chi connectivity index (χ3v) is 2.73. The molecule has 0 radical (unpaired) electrons. The van der Waals surface area contributed by atoms with Gasteiger partial charge in [-0.05, 0) is 24.3 Å². The third-order valence-electron chi connectivity index (χ3n) is 2.73. The van der Waals surface area contributed by atoms with Crippen molar-refractivity contribution in [2.45, 2.75) is 13.8 Å². The first kappa shape index (κ1) is 10.9. The van der Waals surface area contributed by atoms with Gasteiger partial charge in [-0.25, -0.2) is 0 Å². The predicted molar refractivity (Wildman–Crippen MR) is 66.3 cm³/mol. The number of benzene rings is 1. The maximum absolute atomic E-state index is 10.6. The Hall–Kier alpha value is -1.64. The molecule has 0 spiro atoms. The lowest BCUT2D eigenvalue weighted by Gasteiger charge is -2.22. The van der Waals surface area contributed by atoms with Gasteiger partial charge in [-0.1, -0.05) is 13.8 Å². The Morgan fingerprint density at radius 1 is 1.31 bits per heavy atom. The molecule has 84 valence electrons. The maximum atomic E-state index is 10.6. The molecule has 0 atom stereocenters. The number of anilines is 1. The van der Waals surface area contributed by atoms with Crippen LogP contribution in [0.1, 0.15) is 24.2 Å². The van der Waals surface area contributed by atoms with E-state index in [2.05, 4.69) is 23.7 Å². The van der Waals surface area contributed by atoms with Crippen molar-refractivity contribution in [2.24, 2.45) is 10.9 Å². The van der Waals surface area contributed by atoms with Gasteiger partial charge in [0.15, 0.2) is 0 Å². The molecule has 0 aromatic heterocycles. The third kappa shape index (κ3) is 1.98. The first-order valence-electron chi connectivity index (χ1n) is 5.59. The predicted octanol–water partition coefficient (Wildman–Crippen LogP) is 2.37. The lowest BCUT2D eigenvalue weighted by Crippen LogP contribution is -2.30. The molecule has 0 bridgehead atoms. The zero-order valence-corrected chi connectivity index (χ0v) is 9.68. The molecule has 0 N–H and O–H groups in total. The molecule has 0 unspecified atom stereocenters. The summed E-state index contributed by atoms with van der Waals surface area (Å²) in [5.74, 6) is 1.58. The second kappa shape index (κ2) is 4.47. The van der Waals surface area contributed by atoms with Crippen LogP contribution in [0.25, 0.3) is 0 Å². The SMILES string of the molecule is CC(C)C1=NCCN1c1ccc(C=O)cc1. The van der Waals surface area contributed by atoms with Crippen LogP contribution in [0.15, 0.2) is 29.3 Å². The topological polar surface area (TPSA) is 32.7 Å². The number of aldehydes is 1. The van der Waals surface area contributed by atoms with E-state index in [1.54, 1.807) is 0 Å². The molecule has 1 aliphatic heterocycles. The van der Waals surface area contributed by atoms with E-state index in [-0.39, 0.29) is 0 Å². The fourth-order valence-electron chi connectivity index (χ4n) is 1.95. The molecule has 1 aromatic carbocycles. The highest BCUT2D eigenvalue weighted by atomic mass is 16.1. The second-order valence-electron chi connectivity index (χ2n) is 4.26. The van der Waals surface area contributed by atoms with Crippen molar-refractivity contribution in [3.05, 3.63) is 29.8 Å². The number of hydrogen-bond acceptors (Lipinski definition) is 3. The van der Waals surface area contributed by atoms with Gasteiger partial charge in [0, 0.05) is 23.7 Å². The normalized spacial score (nSPS) is 15.4. The highest BCUT2D eigenvalue weighted by Crippen LogP contribution is 2.21. The van der Waals surface area contributed by atoms with E-state index >= 15 is 0 Å². The van der Waals surface area contributed by atoms with Crippen LogP contribution < -0.4 is 4.90 Å². The quantitative estimate of drug-likeness (QED) is 0.727. The van der Waals surface area contributed by atoms with Gasteiger partial charge < -0.3 is 4.90 Å². The van der Waals surface area contributed by atoms with Crippen molar-refractivity contribution in [3.8, 4) is 0 Å². The number of carbonyl (C=O) groups is 1. The number of carbonyl (C=O) groups excluding carboxylic acids is 1. The number of aliphatic imine (C=N–C) groups is 1. The molecule has 0 fully saturated rings. The first-order chi connectivity index (χ1) is 7.72. The van der Waals surface area contributed by atoms with E-state index in [1.165, 1.54) is 0 Å². The summed E-state index contributed by atoms with van der Waals surface area (Å²) in [5.41, 5.74) is 1.83. The Labute approximate surface area is 95.8 Å². The maximum Gasteiger partial charge on any atom is 0.150 e. The van der Waals surface area contributed by atoms with Gasteiger partial charge in [0.05, 0.1) is 6.54 Å². The number of amidine groups is 1. The molecule has 3 nitrogen and oxygen atoms in total. The largest absolute Gasteiger partial charge is 0.328 e. The molecule has 16 heavy (non-hydrogen) atoms. The first-order valence-corrected chi connectivity index (χ1v) is 5.59. The van der Waals surface area contributed by atoms with Gasteiger partial charge in [0.2, 0.25) is 0 Å². The molecular weight excluding hydrogens is 200 g/mol. The van der Waals surface area contributed by atoms with E-state index in [9.17, 15) is 4.79 Å². The molecule has 1 aliphatic rings. The van der Waals surface area contributed by atoms with Crippen LogP contribution in [0, 0.1) is 5.92 Å². The van der Waals surface area contributed by atoms with Crippen LogP contribution in [0.4, 0.5) is 5.69 Å². The van der Waals surface area contributed by atoms with Crippen molar-refractivity contribution >= 4 is 17.8 Å². The Morgan fingerprint density at radius 2 is 2.00 bits per heavy atom. The van der Waals surface area contributed by atoms with Crippen LogP contribution in [0.2, 0.25) is 0 Å². The summed E-state index contributed by atoms with van der Waals surface area (Å²) in [5, 5.41) is 0. The molecule has 3 heteroatoms. The fraction of sp³-hybridized carbons (Fsp3) is 0.385. The van der Waals surface area contributed by atoms with Gasteiger partial charge in [0.25, 0.3) is 0 Å². The van der Waals surface area contributed by atoms with Crippen molar-refractivity contribution in [1.82, 2.24) is 0 Å². The average molecular weight is 216 g/mol. The number of hydrogen-bond donors (Lipinski definition) is 0. The fourth-order valence-corrected chi connectivity index (χ4v) is 1.95. The highest BCUT2D eigenvalue weighted by molar-refractivity contribution is 6.00. The van der Waals surface area contributed by atoms with Crippen molar-refractivity contribution in [3.63, 3.8) is 0 Å². The minimum atomic E-state index is 0.438. The molecule has 1 aromatic rings. The summed E-state index contributed by atoms with van der Waals surface area (Å²) < 4.78 is 0. The molecule has 0 saturated carbocycles. The standard InChI is InChI=1S/C13H16N2O/c1-10(2)13-14-7-8-15(13)12-5-3-11(9-16)4-6-12/h3-6,9-10H,7-8H2,1-2H3. The summed E-state index contributed by atoms with van der Waals surface area (Å²) in [6.45, 7) is 6.10. The van der Waals surface area contributed by atoms with Crippen molar-refractivity contribution in [2.75, 3.05) is 18.0 Å². The smallest absolute Gasteiger partial charge is 0.150 e. The Balaban J connectivity index is 2.24. The number of rotatable bonds is 3. The minimum absolute atomic E-state index is 0.438. The Morgan fingerprint density at radius 3 is 2.56 bits per heavy atom. The zero-order chi connectivity index (χ0) is 11.5. The number of nitrogens with zero attached hydrogens (tertiary/aromatic N) is 2. The zero-order valence-electron chi connectivity index (χ0n) is 9.68. The van der Waals surface area contributed by atoms with E-state index in [4.69, 9.17) is 0 Å². The Kier molecular flexibility index (Phi) is 3.04. The van der Waals surface area contributed by atoms with Gasteiger partial charge >= 0.3 is 0 Å². The Bertz CT molecular complexity index is 406. The summed E-state index contributed by atoms with van der Waals surface area (Å²) in [6, 6.07) is 7.65. The van der Waals surface area contributed by atoms with Crippen LogP contribution in [0.5, 0.6) is 0 Å². The van der Waals surface area contributed by atoms with Crippen LogP contribution in [-0.2, 0) is 0 Å². The van der Waals surface area contributed by atoms with Gasteiger partial charge in [-0.2, -0.15) is 0 Å².